The number of carboxylic acid groups (broad SMARTS) is 1. The van der Waals surface area contributed by atoms with E-state index in [-0.39, 0.29) is 43.2 Å². The van der Waals surface area contributed by atoms with Crippen molar-refractivity contribution < 1.29 is 33.7 Å². The van der Waals surface area contributed by atoms with Crippen LogP contribution in [0, 0.1) is 18.6 Å². The lowest BCUT2D eigenvalue weighted by molar-refractivity contribution is -0.139. The maximum atomic E-state index is 14.6. The van der Waals surface area contributed by atoms with Crippen LogP contribution in [0.1, 0.15) is 71.9 Å². The molecule has 1 amide bonds. The number of hydrogen-bond donors (Lipinski definition) is 3. The van der Waals surface area contributed by atoms with Crippen molar-refractivity contribution in [2.24, 2.45) is 0 Å². The van der Waals surface area contributed by atoms with Crippen molar-refractivity contribution in [3.63, 3.8) is 0 Å². The maximum absolute atomic E-state index is 14.6. The summed E-state index contributed by atoms with van der Waals surface area (Å²) in [6.45, 7) is 5.49. The van der Waals surface area contributed by atoms with Gasteiger partial charge in [0.25, 0.3) is 5.91 Å². The van der Waals surface area contributed by atoms with Crippen molar-refractivity contribution in [2.75, 3.05) is 7.05 Å². The number of benzene rings is 2. The van der Waals surface area contributed by atoms with Gasteiger partial charge in [-0.3, -0.25) is 9.59 Å². The molecule has 1 aromatic heterocycles. The molecule has 8 nitrogen and oxygen atoms in total. The molecule has 3 N–H and O–H groups in total. The Labute approximate surface area is 226 Å². The minimum atomic E-state index is -1.20. The highest BCUT2D eigenvalue weighted by molar-refractivity contribution is 5.94. The number of carbonyl (C=O) groups is 2. The molecule has 0 saturated heterocycles. The molecule has 2 aromatic carbocycles. The van der Waals surface area contributed by atoms with Crippen LogP contribution in [-0.4, -0.2) is 61.1 Å². The van der Waals surface area contributed by atoms with Gasteiger partial charge < -0.3 is 20.2 Å². The summed E-state index contributed by atoms with van der Waals surface area (Å²) in [5, 5.41) is 33.9. The minimum Gasteiger partial charge on any atom is -0.481 e. The van der Waals surface area contributed by atoms with E-state index >= 15 is 0 Å². The third-order valence-corrected chi connectivity index (χ3v) is 6.57. The van der Waals surface area contributed by atoms with Crippen molar-refractivity contribution in [2.45, 2.75) is 71.1 Å². The molecule has 10 heteroatoms. The van der Waals surface area contributed by atoms with Gasteiger partial charge in [0.15, 0.2) is 5.69 Å². The molecule has 1 heterocycles. The largest absolute Gasteiger partial charge is 0.481 e. The first-order chi connectivity index (χ1) is 18.4. The van der Waals surface area contributed by atoms with Gasteiger partial charge in [0.2, 0.25) is 0 Å². The molecular formula is C29H35F2N3O5. The fraction of sp³-hybridized carbons (Fsp3) is 0.414. The summed E-state index contributed by atoms with van der Waals surface area (Å²) in [4.78, 5) is 25.9. The molecule has 0 spiro atoms. The Morgan fingerprint density at radius 1 is 1.05 bits per heavy atom. The van der Waals surface area contributed by atoms with Gasteiger partial charge in [0.1, 0.15) is 11.6 Å². The highest BCUT2D eigenvalue weighted by atomic mass is 19.1. The van der Waals surface area contributed by atoms with Crippen LogP contribution >= 0.6 is 0 Å². The Kier molecular flexibility index (Phi) is 9.93. The van der Waals surface area contributed by atoms with Gasteiger partial charge >= 0.3 is 5.97 Å². The van der Waals surface area contributed by atoms with Crippen molar-refractivity contribution >= 4 is 11.9 Å². The number of carbonyl (C=O) groups excluding carboxylic acids is 1. The van der Waals surface area contributed by atoms with Crippen LogP contribution in [0.3, 0.4) is 0 Å². The molecule has 2 unspecified atom stereocenters. The smallest absolute Gasteiger partial charge is 0.305 e. The van der Waals surface area contributed by atoms with E-state index in [1.165, 1.54) is 29.2 Å². The fourth-order valence-corrected chi connectivity index (χ4v) is 4.62. The van der Waals surface area contributed by atoms with Crippen molar-refractivity contribution in [1.82, 2.24) is 14.7 Å². The second kappa shape index (κ2) is 12.9. The van der Waals surface area contributed by atoms with E-state index in [1.807, 2.05) is 13.8 Å². The SMILES string of the molecule is Cc1cccc(CN(C)C(=O)c2nn(-c3ccc(F)cc3)c(CCC(O)CC(O)CC(=O)O)c2C(C)C)c1F. The molecular weight excluding hydrogens is 508 g/mol. The standard InChI is InChI=1S/C29H35F2N3O5/c1-17(2)26-24(13-12-22(35)14-23(36)15-25(37)38)34(21-10-8-20(30)9-11-21)32-28(26)29(39)33(4)16-19-7-5-6-18(3)27(19)31/h5-11,17,22-23,35-36H,12-16H2,1-4H3,(H,37,38). The van der Waals surface area contributed by atoms with Gasteiger partial charge in [-0.15, -0.1) is 0 Å². The highest BCUT2D eigenvalue weighted by Gasteiger charge is 2.28. The van der Waals surface area contributed by atoms with Gasteiger partial charge in [-0.2, -0.15) is 5.10 Å². The number of amides is 1. The number of nitrogens with zero attached hydrogens (tertiary/aromatic N) is 3. The first kappa shape index (κ1) is 29.9. The summed E-state index contributed by atoms with van der Waals surface area (Å²) >= 11 is 0. The van der Waals surface area contributed by atoms with Crippen LogP contribution in [0.15, 0.2) is 42.5 Å². The van der Waals surface area contributed by atoms with E-state index < -0.39 is 36.3 Å². The number of carboxylic acids is 1. The quantitative estimate of drug-likeness (QED) is 0.312. The Morgan fingerprint density at radius 3 is 2.33 bits per heavy atom. The van der Waals surface area contributed by atoms with Crippen LogP contribution in [0.5, 0.6) is 0 Å². The molecule has 0 radical (unpaired) electrons. The predicted molar refractivity (Wildman–Crippen MR) is 142 cm³/mol. The monoisotopic (exact) mass is 543 g/mol. The molecule has 3 aromatic rings. The van der Waals surface area contributed by atoms with Crippen molar-refractivity contribution in [3.8, 4) is 5.69 Å². The van der Waals surface area contributed by atoms with Gasteiger partial charge in [-0.25, -0.2) is 13.5 Å². The first-order valence-corrected chi connectivity index (χ1v) is 12.8. The van der Waals surface area contributed by atoms with Gasteiger partial charge in [-0.05, 0) is 61.9 Å². The van der Waals surface area contributed by atoms with Crippen LogP contribution in [-0.2, 0) is 17.8 Å². The van der Waals surface area contributed by atoms with Crippen LogP contribution in [0.4, 0.5) is 8.78 Å². The van der Waals surface area contributed by atoms with E-state index in [2.05, 4.69) is 5.10 Å². The van der Waals surface area contributed by atoms with Crippen molar-refractivity contribution in [1.29, 1.82) is 0 Å². The van der Waals surface area contributed by atoms with Crippen LogP contribution < -0.4 is 0 Å². The minimum absolute atomic E-state index is 0.0306. The number of aliphatic hydroxyl groups excluding tert-OH is 2. The molecule has 0 aliphatic heterocycles. The average Bonchev–Trinajstić information content (AvgIpc) is 3.24. The Balaban J connectivity index is 1.97. The Hall–Kier alpha value is -3.63. The second-order valence-electron chi connectivity index (χ2n) is 10.1. The van der Waals surface area contributed by atoms with E-state index in [9.17, 15) is 28.6 Å². The molecule has 39 heavy (non-hydrogen) atoms. The second-order valence-corrected chi connectivity index (χ2v) is 10.1. The molecule has 0 aliphatic carbocycles. The van der Waals surface area contributed by atoms with Gasteiger partial charge in [0, 0.05) is 30.4 Å². The molecule has 0 fully saturated rings. The third kappa shape index (κ3) is 7.48. The zero-order valence-electron chi connectivity index (χ0n) is 22.6. The lowest BCUT2D eigenvalue weighted by Gasteiger charge is -2.19. The predicted octanol–water partition coefficient (Wildman–Crippen LogP) is 4.37. The number of halogens is 2. The molecule has 0 aliphatic rings. The lowest BCUT2D eigenvalue weighted by atomic mass is 9.95. The summed E-state index contributed by atoms with van der Waals surface area (Å²) < 4.78 is 29.8. The number of hydrogen-bond acceptors (Lipinski definition) is 5. The maximum Gasteiger partial charge on any atom is 0.305 e. The zero-order valence-corrected chi connectivity index (χ0v) is 22.6. The van der Waals surface area contributed by atoms with Crippen molar-refractivity contribution in [3.05, 3.63) is 82.2 Å². The normalized spacial score (nSPS) is 12.9. The van der Waals surface area contributed by atoms with Gasteiger partial charge in [0.05, 0.1) is 24.3 Å². The molecule has 210 valence electrons. The Morgan fingerprint density at radius 2 is 1.72 bits per heavy atom. The van der Waals surface area contributed by atoms with E-state index in [0.29, 0.717) is 28.1 Å². The third-order valence-electron chi connectivity index (χ3n) is 6.57. The number of aliphatic hydroxyl groups is 2. The average molecular weight is 544 g/mol. The number of aryl methyl sites for hydroxylation is 1. The summed E-state index contributed by atoms with van der Waals surface area (Å²) in [6, 6.07) is 10.6. The topological polar surface area (TPSA) is 116 Å². The van der Waals surface area contributed by atoms with E-state index in [1.54, 1.807) is 36.9 Å². The zero-order chi connectivity index (χ0) is 28.9. The number of aromatic nitrogens is 2. The van der Waals surface area contributed by atoms with E-state index in [4.69, 9.17) is 5.11 Å². The molecule has 0 saturated carbocycles. The molecule has 3 rings (SSSR count). The number of rotatable bonds is 12. The fourth-order valence-electron chi connectivity index (χ4n) is 4.62. The number of aliphatic carboxylic acids is 1. The van der Waals surface area contributed by atoms with Crippen LogP contribution in [0.25, 0.3) is 5.69 Å². The lowest BCUT2D eigenvalue weighted by Crippen LogP contribution is -2.28. The van der Waals surface area contributed by atoms with E-state index in [0.717, 1.165) is 0 Å². The molecule has 0 bridgehead atoms. The summed E-state index contributed by atoms with van der Waals surface area (Å²) in [6.07, 6.45) is -2.37. The summed E-state index contributed by atoms with van der Waals surface area (Å²) in [7, 11) is 1.57. The summed E-state index contributed by atoms with van der Waals surface area (Å²) in [5.74, 6) is -2.55. The molecule has 2 atom stereocenters. The van der Waals surface area contributed by atoms with Gasteiger partial charge in [-0.1, -0.05) is 32.0 Å². The van der Waals surface area contributed by atoms with Crippen LogP contribution in [0.2, 0.25) is 0 Å². The Bertz CT molecular complexity index is 1310. The highest BCUT2D eigenvalue weighted by Crippen LogP contribution is 2.29. The summed E-state index contributed by atoms with van der Waals surface area (Å²) in [5.41, 5.74) is 2.80. The first-order valence-electron chi connectivity index (χ1n) is 12.8.